The molecule has 0 aromatic heterocycles. The zero-order valence-corrected chi connectivity index (χ0v) is 11.3. The molecule has 3 nitrogen and oxygen atoms in total. The van der Waals surface area contributed by atoms with Crippen molar-refractivity contribution in [2.75, 3.05) is 19.6 Å². The van der Waals surface area contributed by atoms with E-state index in [0.717, 1.165) is 25.9 Å². The van der Waals surface area contributed by atoms with Gasteiger partial charge in [-0.3, -0.25) is 4.79 Å². The lowest BCUT2D eigenvalue weighted by molar-refractivity contribution is 0.0781. The number of rotatable bonds is 1. The lowest BCUT2D eigenvalue weighted by Gasteiger charge is -2.24. The Bertz CT molecular complexity index is 494. The Morgan fingerprint density at radius 3 is 3.00 bits per heavy atom. The van der Waals surface area contributed by atoms with E-state index in [0.29, 0.717) is 23.5 Å². The fraction of sp³-hybridized carbons (Fsp3) is 0.500. The average Bonchev–Trinajstić information content (AvgIpc) is 2.81. The van der Waals surface area contributed by atoms with Crippen molar-refractivity contribution in [3.05, 3.63) is 34.6 Å². The highest BCUT2D eigenvalue weighted by molar-refractivity contribution is 6.30. The predicted octanol–water partition coefficient (Wildman–Crippen LogP) is 2.30. The zero-order valence-electron chi connectivity index (χ0n) is 10.5. The SMILES string of the molecule is O=C(c1ccc(Cl)cc1F)N1CC2CCCNC2C1. The monoisotopic (exact) mass is 282 g/mol. The first-order chi connectivity index (χ1) is 9.15. The molecular formula is C14H16ClFN2O. The van der Waals surface area contributed by atoms with Gasteiger partial charge in [-0.05, 0) is 43.5 Å². The number of carbonyl (C=O) groups is 1. The highest BCUT2D eigenvalue weighted by atomic mass is 35.5. The third-order valence-corrected chi connectivity index (χ3v) is 4.28. The van der Waals surface area contributed by atoms with E-state index in [1.54, 1.807) is 11.0 Å². The molecule has 5 heteroatoms. The molecule has 2 aliphatic rings. The highest BCUT2D eigenvalue weighted by Gasteiger charge is 2.37. The lowest BCUT2D eigenvalue weighted by atomic mass is 9.94. The Labute approximate surface area is 116 Å². The Hall–Kier alpha value is -1.13. The average molecular weight is 283 g/mol. The lowest BCUT2D eigenvalue weighted by Crippen LogP contribution is -2.41. The normalized spacial score (nSPS) is 26.3. The van der Waals surface area contributed by atoms with Crippen LogP contribution in [0.4, 0.5) is 4.39 Å². The molecule has 1 amide bonds. The van der Waals surface area contributed by atoms with Gasteiger partial charge in [-0.1, -0.05) is 11.6 Å². The number of hydrogen-bond donors (Lipinski definition) is 1. The second-order valence-electron chi connectivity index (χ2n) is 5.30. The number of piperidine rings is 1. The van der Waals surface area contributed by atoms with Crippen LogP contribution in [-0.4, -0.2) is 36.5 Å². The summed E-state index contributed by atoms with van der Waals surface area (Å²) in [5.74, 6) is -0.265. The molecule has 1 aromatic carbocycles. The summed E-state index contributed by atoms with van der Waals surface area (Å²) in [4.78, 5) is 14.1. The summed E-state index contributed by atoms with van der Waals surface area (Å²) in [5.41, 5.74) is 0.114. The second-order valence-corrected chi connectivity index (χ2v) is 5.73. The summed E-state index contributed by atoms with van der Waals surface area (Å²) in [6, 6.07) is 4.58. The van der Waals surface area contributed by atoms with Crippen LogP contribution in [0.3, 0.4) is 0 Å². The fourth-order valence-electron chi connectivity index (χ4n) is 3.05. The molecule has 0 aliphatic carbocycles. The summed E-state index contributed by atoms with van der Waals surface area (Å²) < 4.78 is 13.8. The molecule has 3 rings (SSSR count). The van der Waals surface area contributed by atoms with Crippen LogP contribution in [0, 0.1) is 11.7 Å². The van der Waals surface area contributed by atoms with Gasteiger partial charge in [-0.25, -0.2) is 4.39 Å². The summed E-state index contributed by atoms with van der Waals surface area (Å²) in [7, 11) is 0. The van der Waals surface area contributed by atoms with E-state index in [4.69, 9.17) is 11.6 Å². The summed E-state index contributed by atoms with van der Waals surface area (Å²) in [6.45, 7) is 2.41. The molecule has 1 aromatic rings. The van der Waals surface area contributed by atoms with Crippen molar-refractivity contribution in [1.82, 2.24) is 10.2 Å². The first-order valence-corrected chi connectivity index (χ1v) is 7.00. The Balaban J connectivity index is 1.77. The quantitative estimate of drug-likeness (QED) is 0.857. The van der Waals surface area contributed by atoms with Gasteiger partial charge in [-0.2, -0.15) is 0 Å². The van der Waals surface area contributed by atoms with E-state index in [9.17, 15) is 9.18 Å². The van der Waals surface area contributed by atoms with Crippen molar-refractivity contribution in [1.29, 1.82) is 0 Å². The number of halogens is 2. The molecule has 102 valence electrons. The van der Waals surface area contributed by atoms with Gasteiger partial charge in [0.05, 0.1) is 5.56 Å². The van der Waals surface area contributed by atoms with Crippen molar-refractivity contribution < 1.29 is 9.18 Å². The van der Waals surface area contributed by atoms with Gasteiger partial charge < -0.3 is 10.2 Å². The molecule has 0 saturated carbocycles. The molecule has 2 unspecified atom stereocenters. The van der Waals surface area contributed by atoms with E-state index >= 15 is 0 Å². The van der Waals surface area contributed by atoms with Crippen LogP contribution in [0.15, 0.2) is 18.2 Å². The van der Waals surface area contributed by atoms with E-state index in [1.807, 2.05) is 0 Å². The molecule has 2 aliphatic heterocycles. The number of nitrogens with one attached hydrogen (secondary N) is 1. The second kappa shape index (κ2) is 5.10. The van der Waals surface area contributed by atoms with Gasteiger partial charge >= 0.3 is 0 Å². The maximum Gasteiger partial charge on any atom is 0.256 e. The number of fused-ring (bicyclic) bond motifs is 1. The minimum atomic E-state index is -0.541. The molecule has 19 heavy (non-hydrogen) atoms. The third kappa shape index (κ3) is 2.47. The standard InChI is InChI=1S/C14H16ClFN2O/c15-10-3-4-11(12(16)6-10)14(19)18-7-9-2-1-5-17-13(9)8-18/h3-4,6,9,13,17H,1-2,5,7-8H2. The Morgan fingerprint density at radius 1 is 1.42 bits per heavy atom. The van der Waals surface area contributed by atoms with Gasteiger partial charge in [0.25, 0.3) is 5.91 Å². The molecule has 2 fully saturated rings. The molecule has 0 spiro atoms. The zero-order chi connectivity index (χ0) is 13.4. The van der Waals surface area contributed by atoms with Crippen molar-refractivity contribution in [3.63, 3.8) is 0 Å². The van der Waals surface area contributed by atoms with Crippen LogP contribution in [0.25, 0.3) is 0 Å². The third-order valence-electron chi connectivity index (χ3n) is 4.05. The molecule has 0 bridgehead atoms. The van der Waals surface area contributed by atoms with Gasteiger partial charge in [0, 0.05) is 24.2 Å². The maximum absolute atomic E-state index is 13.8. The topological polar surface area (TPSA) is 32.3 Å². The molecule has 0 radical (unpaired) electrons. The largest absolute Gasteiger partial charge is 0.337 e. The number of hydrogen-bond acceptors (Lipinski definition) is 2. The first-order valence-electron chi connectivity index (χ1n) is 6.63. The number of likely N-dealkylation sites (tertiary alicyclic amines) is 1. The summed E-state index contributed by atoms with van der Waals surface area (Å²) >= 11 is 5.71. The molecule has 2 heterocycles. The smallest absolute Gasteiger partial charge is 0.256 e. The van der Waals surface area contributed by atoms with E-state index in [1.165, 1.54) is 12.1 Å². The molecular weight excluding hydrogens is 267 g/mol. The molecule has 2 saturated heterocycles. The van der Waals surface area contributed by atoms with E-state index < -0.39 is 5.82 Å². The van der Waals surface area contributed by atoms with Gasteiger partial charge in [-0.15, -0.1) is 0 Å². The van der Waals surface area contributed by atoms with Crippen molar-refractivity contribution in [2.24, 2.45) is 5.92 Å². The first kappa shape index (κ1) is 12.9. The number of amides is 1. The van der Waals surface area contributed by atoms with Gasteiger partial charge in [0.1, 0.15) is 5.82 Å². The number of benzene rings is 1. The van der Waals surface area contributed by atoms with Crippen LogP contribution in [0.1, 0.15) is 23.2 Å². The predicted molar refractivity (Wildman–Crippen MR) is 71.8 cm³/mol. The Kier molecular flexibility index (Phi) is 3.46. The van der Waals surface area contributed by atoms with Crippen molar-refractivity contribution in [2.45, 2.75) is 18.9 Å². The van der Waals surface area contributed by atoms with Crippen molar-refractivity contribution in [3.8, 4) is 0 Å². The summed E-state index contributed by atoms with van der Waals surface area (Å²) in [6.07, 6.45) is 2.29. The van der Waals surface area contributed by atoms with E-state index in [-0.39, 0.29) is 11.5 Å². The minimum absolute atomic E-state index is 0.114. The molecule has 2 atom stereocenters. The van der Waals surface area contributed by atoms with Gasteiger partial charge in [0.15, 0.2) is 0 Å². The highest BCUT2D eigenvalue weighted by Crippen LogP contribution is 2.27. The molecule has 1 N–H and O–H groups in total. The van der Waals surface area contributed by atoms with Crippen LogP contribution in [0.2, 0.25) is 5.02 Å². The van der Waals surface area contributed by atoms with Crippen LogP contribution in [-0.2, 0) is 0 Å². The van der Waals surface area contributed by atoms with E-state index in [2.05, 4.69) is 5.32 Å². The summed E-state index contributed by atoms with van der Waals surface area (Å²) in [5, 5.41) is 3.74. The fourth-order valence-corrected chi connectivity index (χ4v) is 3.20. The van der Waals surface area contributed by atoms with Crippen LogP contribution < -0.4 is 5.32 Å². The van der Waals surface area contributed by atoms with Crippen LogP contribution >= 0.6 is 11.6 Å². The number of nitrogens with zero attached hydrogens (tertiary/aromatic N) is 1. The maximum atomic E-state index is 13.8. The Morgan fingerprint density at radius 2 is 2.26 bits per heavy atom. The van der Waals surface area contributed by atoms with Crippen LogP contribution in [0.5, 0.6) is 0 Å². The van der Waals surface area contributed by atoms with Gasteiger partial charge in [0.2, 0.25) is 0 Å². The minimum Gasteiger partial charge on any atom is -0.337 e. The van der Waals surface area contributed by atoms with Crippen molar-refractivity contribution >= 4 is 17.5 Å². The number of carbonyl (C=O) groups excluding carboxylic acids is 1.